The molecule has 25 heavy (non-hydrogen) atoms. The molecule has 1 aromatic heterocycles. The Balaban J connectivity index is 1.52. The summed E-state index contributed by atoms with van der Waals surface area (Å²) in [5.41, 5.74) is 0.684. The molecular weight excluding hydrogens is 339 g/mol. The summed E-state index contributed by atoms with van der Waals surface area (Å²) in [4.78, 5) is 15.1. The van der Waals surface area contributed by atoms with Crippen LogP contribution in [0, 0.1) is 11.7 Å². The van der Waals surface area contributed by atoms with Gasteiger partial charge < -0.3 is 10.1 Å². The third kappa shape index (κ3) is 4.80. The van der Waals surface area contributed by atoms with Crippen molar-refractivity contribution in [3.8, 4) is 5.75 Å². The molecule has 1 atom stereocenters. The highest BCUT2D eigenvalue weighted by molar-refractivity contribution is 7.12. The van der Waals surface area contributed by atoms with E-state index in [9.17, 15) is 9.18 Å². The van der Waals surface area contributed by atoms with Crippen LogP contribution in [0.2, 0.25) is 0 Å². The molecule has 0 saturated carbocycles. The fraction of sp³-hybridized carbons (Fsp3) is 0.421. The summed E-state index contributed by atoms with van der Waals surface area (Å²) in [6, 6.07) is 8.72. The number of amides is 1. The van der Waals surface area contributed by atoms with Crippen molar-refractivity contribution in [1.29, 1.82) is 0 Å². The van der Waals surface area contributed by atoms with Crippen LogP contribution in [0.25, 0.3) is 0 Å². The number of nitrogens with zero attached hydrogens (tertiary/aromatic N) is 1. The van der Waals surface area contributed by atoms with Crippen LogP contribution in [0.1, 0.15) is 28.1 Å². The highest BCUT2D eigenvalue weighted by Gasteiger charge is 2.21. The number of nitrogens with one attached hydrogen (secondary N) is 1. The Hall–Kier alpha value is -1.92. The summed E-state index contributed by atoms with van der Waals surface area (Å²) >= 11 is 1.45. The molecule has 3 rings (SSSR count). The van der Waals surface area contributed by atoms with Crippen molar-refractivity contribution in [2.75, 3.05) is 26.7 Å². The van der Waals surface area contributed by atoms with E-state index in [2.05, 4.69) is 10.2 Å². The SMILES string of the molecule is COc1ccc(CN2CCCC(CNC(=O)c3cccs3)C2)c(F)c1. The Labute approximate surface area is 151 Å². The van der Waals surface area contributed by atoms with E-state index in [0.717, 1.165) is 30.8 Å². The number of halogens is 1. The first kappa shape index (κ1) is 17.9. The monoisotopic (exact) mass is 362 g/mol. The molecule has 4 nitrogen and oxygen atoms in total. The number of thiophene rings is 1. The molecule has 6 heteroatoms. The molecule has 1 saturated heterocycles. The minimum atomic E-state index is -0.229. The number of likely N-dealkylation sites (tertiary alicyclic amines) is 1. The summed E-state index contributed by atoms with van der Waals surface area (Å²) in [5, 5.41) is 4.92. The lowest BCUT2D eigenvalue weighted by Crippen LogP contribution is -2.40. The first-order valence-electron chi connectivity index (χ1n) is 8.52. The molecule has 134 valence electrons. The molecule has 1 N–H and O–H groups in total. The van der Waals surface area contributed by atoms with Gasteiger partial charge in [0.2, 0.25) is 0 Å². The van der Waals surface area contributed by atoms with Gasteiger partial charge in [0.25, 0.3) is 5.91 Å². The van der Waals surface area contributed by atoms with Crippen molar-refractivity contribution < 1.29 is 13.9 Å². The van der Waals surface area contributed by atoms with E-state index >= 15 is 0 Å². The lowest BCUT2D eigenvalue weighted by atomic mass is 9.97. The van der Waals surface area contributed by atoms with E-state index < -0.39 is 0 Å². The zero-order valence-corrected chi connectivity index (χ0v) is 15.2. The van der Waals surface area contributed by atoms with Gasteiger partial charge in [0.1, 0.15) is 11.6 Å². The number of rotatable bonds is 6. The van der Waals surface area contributed by atoms with Crippen molar-refractivity contribution in [3.63, 3.8) is 0 Å². The average molecular weight is 362 g/mol. The predicted octanol–water partition coefficient (Wildman–Crippen LogP) is 3.54. The summed E-state index contributed by atoms with van der Waals surface area (Å²) < 4.78 is 19.2. The highest BCUT2D eigenvalue weighted by atomic mass is 32.1. The van der Waals surface area contributed by atoms with Crippen LogP contribution in [-0.4, -0.2) is 37.6 Å². The maximum absolute atomic E-state index is 14.1. The van der Waals surface area contributed by atoms with Crippen molar-refractivity contribution in [2.45, 2.75) is 19.4 Å². The molecule has 2 aromatic rings. The fourth-order valence-electron chi connectivity index (χ4n) is 3.22. The second kappa shape index (κ2) is 8.45. The minimum Gasteiger partial charge on any atom is -0.497 e. The summed E-state index contributed by atoms with van der Waals surface area (Å²) in [6.07, 6.45) is 2.16. The van der Waals surface area contributed by atoms with Gasteiger partial charge in [-0.15, -0.1) is 11.3 Å². The van der Waals surface area contributed by atoms with E-state index in [-0.39, 0.29) is 11.7 Å². The number of carbonyl (C=O) groups is 1. The van der Waals surface area contributed by atoms with Crippen molar-refractivity contribution in [2.24, 2.45) is 5.92 Å². The Morgan fingerprint density at radius 2 is 2.32 bits per heavy atom. The van der Waals surface area contributed by atoms with E-state index in [1.165, 1.54) is 24.5 Å². The lowest BCUT2D eigenvalue weighted by Gasteiger charge is -2.33. The molecular formula is C19H23FN2O2S. The number of methoxy groups -OCH3 is 1. The van der Waals surface area contributed by atoms with Gasteiger partial charge in [0, 0.05) is 31.3 Å². The second-order valence-corrected chi connectivity index (χ2v) is 7.34. The van der Waals surface area contributed by atoms with Gasteiger partial charge in [0.05, 0.1) is 12.0 Å². The largest absolute Gasteiger partial charge is 0.497 e. The first-order valence-corrected chi connectivity index (χ1v) is 9.40. The Kier molecular flexibility index (Phi) is 6.04. The summed E-state index contributed by atoms with van der Waals surface area (Å²) in [6.45, 7) is 3.08. The molecule has 1 amide bonds. The van der Waals surface area contributed by atoms with Gasteiger partial charge in [-0.25, -0.2) is 4.39 Å². The van der Waals surface area contributed by atoms with Gasteiger partial charge in [-0.2, -0.15) is 0 Å². The van der Waals surface area contributed by atoms with Gasteiger partial charge >= 0.3 is 0 Å². The Morgan fingerprint density at radius 1 is 1.44 bits per heavy atom. The molecule has 0 aliphatic carbocycles. The summed E-state index contributed by atoms with van der Waals surface area (Å²) in [7, 11) is 1.54. The van der Waals surface area contributed by atoms with Crippen molar-refractivity contribution in [3.05, 3.63) is 52.0 Å². The molecule has 1 aliphatic heterocycles. The maximum Gasteiger partial charge on any atom is 0.261 e. The zero-order valence-electron chi connectivity index (χ0n) is 14.3. The molecule has 1 fully saturated rings. The van der Waals surface area contributed by atoms with Crippen LogP contribution >= 0.6 is 11.3 Å². The van der Waals surface area contributed by atoms with Crippen LogP contribution < -0.4 is 10.1 Å². The molecule has 1 aromatic carbocycles. The van der Waals surface area contributed by atoms with Crippen molar-refractivity contribution >= 4 is 17.2 Å². The van der Waals surface area contributed by atoms with E-state index in [0.29, 0.717) is 30.3 Å². The zero-order chi connectivity index (χ0) is 17.6. The average Bonchev–Trinajstić information content (AvgIpc) is 3.16. The van der Waals surface area contributed by atoms with Gasteiger partial charge in [-0.05, 0) is 42.8 Å². The van der Waals surface area contributed by atoms with Gasteiger partial charge in [0.15, 0.2) is 0 Å². The van der Waals surface area contributed by atoms with Crippen LogP contribution in [0.5, 0.6) is 5.75 Å². The van der Waals surface area contributed by atoms with Crippen LogP contribution in [0.3, 0.4) is 0 Å². The van der Waals surface area contributed by atoms with Gasteiger partial charge in [-0.1, -0.05) is 12.1 Å². The number of ether oxygens (including phenoxy) is 1. The Morgan fingerprint density at radius 3 is 3.04 bits per heavy atom. The fourth-order valence-corrected chi connectivity index (χ4v) is 3.86. The first-order chi connectivity index (χ1) is 12.2. The van der Waals surface area contributed by atoms with Crippen LogP contribution in [-0.2, 0) is 6.54 Å². The van der Waals surface area contributed by atoms with E-state index in [1.54, 1.807) is 12.1 Å². The minimum absolute atomic E-state index is 0.00618. The van der Waals surface area contributed by atoms with E-state index in [1.807, 2.05) is 17.5 Å². The molecule has 0 radical (unpaired) electrons. The number of piperidine rings is 1. The number of carbonyl (C=O) groups excluding carboxylic acids is 1. The third-order valence-electron chi connectivity index (χ3n) is 4.55. The van der Waals surface area contributed by atoms with Crippen molar-refractivity contribution in [1.82, 2.24) is 10.2 Å². The lowest BCUT2D eigenvalue weighted by molar-refractivity contribution is 0.0934. The number of hydrogen-bond acceptors (Lipinski definition) is 4. The molecule has 1 unspecified atom stereocenters. The Bertz CT molecular complexity index is 705. The standard InChI is InChI=1S/C19H23FN2O2S/c1-24-16-7-6-15(17(20)10-16)13-22-8-2-4-14(12-22)11-21-19(23)18-5-3-9-25-18/h3,5-7,9-10,14H,2,4,8,11-13H2,1H3,(H,21,23). The normalized spacial score (nSPS) is 18.1. The smallest absolute Gasteiger partial charge is 0.261 e. The summed E-state index contributed by atoms with van der Waals surface area (Å²) in [5.74, 6) is 0.703. The molecule has 1 aliphatic rings. The number of hydrogen-bond donors (Lipinski definition) is 1. The molecule has 2 heterocycles. The van der Waals surface area contributed by atoms with Crippen LogP contribution in [0.15, 0.2) is 35.7 Å². The topological polar surface area (TPSA) is 41.6 Å². The highest BCUT2D eigenvalue weighted by Crippen LogP contribution is 2.22. The molecule has 0 bridgehead atoms. The number of benzene rings is 1. The maximum atomic E-state index is 14.1. The molecule has 0 spiro atoms. The van der Waals surface area contributed by atoms with E-state index in [4.69, 9.17) is 4.74 Å². The van der Waals surface area contributed by atoms with Gasteiger partial charge in [-0.3, -0.25) is 9.69 Å². The third-order valence-corrected chi connectivity index (χ3v) is 5.42. The van der Waals surface area contributed by atoms with Crippen LogP contribution in [0.4, 0.5) is 4.39 Å². The second-order valence-electron chi connectivity index (χ2n) is 6.39. The predicted molar refractivity (Wildman–Crippen MR) is 97.6 cm³/mol. The quantitative estimate of drug-likeness (QED) is 0.855.